The normalized spacial score (nSPS) is 10.5. The molecule has 0 aliphatic rings. The Labute approximate surface area is 241 Å². The molecule has 11 heteroatoms. The van der Waals surface area contributed by atoms with Crippen LogP contribution < -0.4 is 31.0 Å². The maximum absolute atomic E-state index is 12.5. The van der Waals surface area contributed by atoms with E-state index in [1.807, 2.05) is 6.92 Å². The minimum absolute atomic E-state index is 0.0359. The number of nitrogens with one attached hydrogen (secondary N) is 4. The van der Waals surface area contributed by atoms with Gasteiger partial charge in [0.1, 0.15) is 22.9 Å². The molecular weight excluding hydrogens is 546 g/mol. The molecule has 4 rings (SSSR count). The zero-order valence-corrected chi connectivity index (χ0v) is 22.6. The summed E-state index contributed by atoms with van der Waals surface area (Å²) in [5, 5.41) is 6.08. The van der Waals surface area contributed by atoms with Crippen molar-refractivity contribution in [3.63, 3.8) is 0 Å². The van der Waals surface area contributed by atoms with Gasteiger partial charge in [0.15, 0.2) is 0 Å². The van der Waals surface area contributed by atoms with Crippen LogP contribution in [0, 0.1) is 0 Å². The second-order valence-corrected chi connectivity index (χ2v) is 8.80. The molecule has 0 aliphatic carbocycles. The van der Waals surface area contributed by atoms with E-state index in [4.69, 9.17) is 21.1 Å². The Morgan fingerprint density at radius 3 is 2.07 bits per heavy atom. The topological polar surface area (TPSA) is 131 Å². The molecule has 0 atom stereocenters. The summed E-state index contributed by atoms with van der Waals surface area (Å²) >= 11 is 5.84. The molecule has 4 amide bonds. The number of carbonyl (C=O) groups excluding carboxylic acids is 3. The Kier molecular flexibility index (Phi) is 9.89. The smallest absolute Gasteiger partial charge is 0.323 e. The number of rotatable bonds is 9. The number of nitrogens with zero attached hydrogens (tertiary/aromatic N) is 1. The van der Waals surface area contributed by atoms with E-state index in [1.165, 1.54) is 18.3 Å². The van der Waals surface area contributed by atoms with Gasteiger partial charge in [0.05, 0.1) is 6.61 Å². The number of anilines is 2. The highest BCUT2D eigenvalue weighted by atomic mass is 35.5. The fourth-order valence-electron chi connectivity index (χ4n) is 3.41. The van der Waals surface area contributed by atoms with Crippen molar-refractivity contribution in [3.05, 3.63) is 113 Å². The molecule has 0 aliphatic heterocycles. The summed E-state index contributed by atoms with van der Waals surface area (Å²) in [5.41, 5.74) is 6.59. The van der Waals surface area contributed by atoms with Gasteiger partial charge >= 0.3 is 6.03 Å². The molecule has 0 saturated carbocycles. The fraction of sp³-hybridized carbons (Fsp3) is 0.0667. The van der Waals surface area contributed by atoms with E-state index in [0.717, 1.165) is 11.3 Å². The van der Waals surface area contributed by atoms with Crippen LogP contribution in [-0.2, 0) is 4.79 Å². The third-order valence-corrected chi connectivity index (χ3v) is 5.58. The van der Waals surface area contributed by atoms with E-state index in [-0.39, 0.29) is 5.69 Å². The van der Waals surface area contributed by atoms with Crippen LogP contribution >= 0.6 is 11.6 Å². The first-order valence-electron chi connectivity index (χ1n) is 12.5. The summed E-state index contributed by atoms with van der Waals surface area (Å²) in [5.74, 6) is 0.402. The second kappa shape index (κ2) is 14.2. The minimum atomic E-state index is -0.623. The van der Waals surface area contributed by atoms with Gasteiger partial charge in [0, 0.05) is 34.7 Å². The van der Waals surface area contributed by atoms with Crippen LogP contribution in [0.25, 0.3) is 6.08 Å². The SMILES string of the molecule is CCOc1ccc(NC(=O)Nc2ccc(Oc3ccnc(C(=O)NNC(=O)/C=C/c4ccc(Cl)cc4)c3)cc2)cc1. The van der Waals surface area contributed by atoms with Gasteiger partial charge in [0.25, 0.3) is 11.8 Å². The predicted molar refractivity (Wildman–Crippen MR) is 157 cm³/mol. The van der Waals surface area contributed by atoms with Gasteiger partial charge in [-0.1, -0.05) is 23.7 Å². The van der Waals surface area contributed by atoms with Crippen molar-refractivity contribution < 1.29 is 23.9 Å². The van der Waals surface area contributed by atoms with Gasteiger partial charge in [-0.05, 0) is 85.3 Å². The van der Waals surface area contributed by atoms with E-state index in [1.54, 1.807) is 84.9 Å². The van der Waals surface area contributed by atoms with Gasteiger partial charge in [-0.3, -0.25) is 25.4 Å². The number of carbonyl (C=O) groups is 3. The number of pyridine rings is 1. The lowest BCUT2D eigenvalue weighted by atomic mass is 10.2. The van der Waals surface area contributed by atoms with Crippen molar-refractivity contribution >= 4 is 46.9 Å². The lowest BCUT2D eigenvalue weighted by Gasteiger charge is -2.10. The second-order valence-electron chi connectivity index (χ2n) is 8.37. The van der Waals surface area contributed by atoms with E-state index in [0.29, 0.717) is 34.5 Å². The lowest BCUT2D eigenvalue weighted by molar-refractivity contribution is -0.117. The van der Waals surface area contributed by atoms with Crippen molar-refractivity contribution in [2.24, 2.45) is 0 Å². The fourth-order valence-corrected chi connectivity index (χ4v) is 3.53. The summed E-state index contributed by atoms with van der Waals surface area (Å²) in [7, 11) is 0. The number of urea groups is 1. The molecule has 1 aromatic heterocycles. The third kappa shape index (κ3) is 9.12. The molecule has 4 aromatic rings. The zero-order valence-electron chi connectivity index (χ0n) is 21.9. The van der Waals surface area contributed by atoms with Crippen LogP contribution in [0.5, 0.6) is 17.2 Å². The Morgan fingerprint density at radius 2 is 1.44 bits per heavy atom. The highest BCUT2D eigenvalue weighted by Crippen LogP contribution is 2.23. The van der Waals surface area contributed by atoms with Crippen molar-refractivity contribution in [1.82, 2.24) is 15.8 Å². The first-order chi connectivity index (χ1) is 19.9. The van der Waals surface area contributed by atoms with E-state index in [2.05, 4.69) is 26.5 Å². The Bertz CT molecular complexity index is 1520. The maximum atomic E-state index is 12.5. The van der Waals surface area contributed by atoms with Crippen LogP contribution in [0.4, 0.5) is 16.2 Å². The van der Waals surface area contributed by atoms with Gasteiger partial charge in [0.2, 0.25) is 0 Å². The summed E-state index contributed by atoms with van der Waals surface area (Å²) < 4.78 is 11.2. The van der Waals surface area contributed by atoms with Crippen molar-refractivity contribution in [2.45, 2.75) is 6.92 Å². The molecule has 0 saturated heterocycles. The molecular formula is C30H26ClN5O5. The summed E-state index contributed by atoms with van der Waals surface area (Å²) in [4.78, 5) is 40.8. The molecule has 0 unspecified atom stereocenters. The van der Waals surface area contributed by atoms with Gasteiger partial charge in [-0.25, -0.2) is 4.79 Å². The largest absolute Gasteiger partial charge is 0.494 e. The van der Waals surface area contributed by atoms with E-state index >= 15 is 0 Å². The average Bonchev–Trinajstić information content (AvgIpc) is 2.98. The monoisotopic (exact) mass is 571 g/mol. The third-order valence-electron chi connectivity index (χ3n) is 5.33. The summed E-state index contributed by atoms with van der Waals surface area (Å²) in [6.07, 6.45) is 4.27. The maximum Gasteiger partial charge on any atom is 0.323 e. The number of hydrogen-bond donors (Lipinski definition) is 4. The highest BCUT2D eigenvalue weighted by molar-refractivity contribution is 6.30. The molecule has 41 heavy (non-hydrogen) atoms. The Morgan fingerprint density at radius 1 is 0.805 bits per heavy atom. The quantitative estimate of drug-likeness (QED) is 0.143. The zero-order chi connectivity index (χ0) is 29.0. The number of ether oxygens (including phenoxy) is 2. The van der Waals surface area contributed by atoms with E-state index in [9.17, 15) is 14.4 Å². The number of hydrazine groups is 1. The molecule has 3 aromatic carbocycles. The Balaban J connectivity index is 1.26. The van der Waals surface area contributed by atoms with Crippen LogP contribution in [0.1, 0.15) is 23.0 Å². The van der Waals surface area contributed by atoms with Crippen molar-refractivity contribution in [2.75, 3.05) is 17.2 Å². The van der Waals surface area contributed by atoms with Gasteiger partial charge in [-0.2, -0.15) is 0 Å². The van der Waals surface area contributed by atoms with Crippen LogP contribution in [-0.4, -0.2) is 29.4 Å². The molecule has 208 valence electrons. The molecule has 4 N–H and O–H groups in total. The van der Waals surface area contributed by atoms with Gasteiger partial charge < -0.3 is 20.1 Å². The number of aromatic nitrogens is 1. The minimum Gasteiger partial charge on any atom is -0.494 e. The van der Waals surface area contributed by atoms with Crippen molar-refractivity contribution in [3.8, 4) is 17.2 Å². The number of amides is 4. The summed E-state index contributed by atoms with van der Waals surface area (Å²) in [6, 6.07) is 23.3. The summed E-state index contributed by atoms with van der Waals surface area (Å²) in [6.45, 7) is 2.47. The molecule has 0 fully saturated rings. The molecule has 0 spiro atoms. The molecule has 0 bridgehead atoms. The van der Waals surface area contributed by atoms with E-state index < -0.39 is 17.8 Å². The van der Waals surface area contributed by atoms with Gasteiger partial charge in [-0.15, -0.1) is 0 Å². The van der Waals surface area contributed by atoms with Crippen LogP contribution in [0.15, 0.2) is 97.2 Å². The average molecular weight is 572 g/mol. The number of hydrogen-bond acceptors (Lipinski definition) is 6. The van der Waals surface area contributed by atoms with Crippen LogP contribution in [0.3, 0.4) is 0 Å². The standard InChI is InChI=1S/C30H26ClN5O5/c1-2-40-24-12-8-22(9-13-24)33-30(39)34-23-10-14-25(15-11-23)41-26-17-18-32-27(19-26)29(38)36-35-28(37)16-5-20-3-6-21(31)7-4-20/h3-19H,2H2,1H3,(H,35,37)(H,36,38)(H2,33,34,39)/b16-5+. The molecule has 1 heterocycles. The number of benzene rings is 3. The first kappa shape index (κ1) is 28.7. The molecule has 10 nitrogen and oxygen atoms in total. The Hall–Kier alpha value is -5.35. The lowest BCUT2D eigenvalue weighted by Crippen LogP contribution is -2.41. The van der Waals surface area contributed by atoms with Crippen LogP contribution in [0.2, 0.25) is 5.02 Å². The van der Waals surface area contributed by atoms with Crippen molar-refractivity contribution in [1.29, 1.82) is 0 Å². The highest BCUT2D eigenvalue weighted by Gasteiger charge is 2.10. The molecule has 0 radical (unpaired) electrons. The first-order valence-corrected chi connectivity index (χ1v) is 12.8. The predicted octanol–water partition coefficient (Wildman–Crippen LogP) is 6.04. The number of halogens is 1.